The van der Waals surface area contributed by atoms with Gasteiger partial charge in [0.2, 0.25) is 0 Å². The molecule has 0 spiro atoms. The third-order valence-corrected chi connectivity index (χ3v) is 6.43. The maximum absolute atomic E-state index is 14.5. The molecule has 0 radical (unpaired) electrons. The molecule has 1 N–H and O–H groups in total. The number of nitrogens with zero attached hydrogens (tertiary/aromatic N) is 1. The van der Waals surface area contributed by atoms with Gasteiger partial charge in [-0.25, -0.2) is 12.8 Å². The monoisotopic (exact) mass is 419 g/mol. The van der Waals surface area contributed by atoms with E-state index in [1.807, 2.05) is 6.92 Å². The Labute approximate surface area is 163 Å². The Bertz CT molecular complexity index is 859. The summed E-state index contributed by atoms with van der Waals surface area (Å²) in [7, 11) is -4.16. The van der Waals surface area contributed by atoms with Crippen LogP contribution >= 0.6 is 23.2 Å². The molecule has 0 fully saturated rings. The molecule has 2 unspecified atom stereocenters. The second kappa shape index (κ2) is 8.57. The van der Waals surface area contributed by atoms with E-state index in [4.69, 9.17) is 23.2 Å². The van der Waals surface area contributed by atoms with Gasteiger partial charge in [0, 0.05) is 10.0 Å². The lowest BCUT2D eigenvalue weighted by Crippen LogP contribution is -2.46. The molecule has 8 heteroatoms. The summed E-state index contributed by atoms with van der Waals surface area (Å²) in [5.41, 5.74) is -0.213. The minimum atomic E-state index is -4.16. The van der Waals surface area contributed by atoms with Crippen LogP contribution in [0.25, 0.3) is 0 Å². The van der Waals surface area contributed by atoms with Crippen LogP contribution in [0, 0.1) is 5.82 Å². The van der Waals surface area contributed by atoms with Crippen molar-refractivity contribution in [3.05, 3.63) is 58.3 Å². The Hall–Kier alpha value is -1.34. The lowest BCUT2D eigenvalue weighted by molar-refractivity contribution is 0.141. The number of hydrogen-bond donors (Lipinski definition) is 1. The van der Waals surface area contributed by atoms with Crippen molar-refractivity contribution in [2.24, 2.45) is 0 Å². The molecule has 26 heavy (non-hydrogen) atoms. The summed E-state index contributed by atoms with van der Waals surface area (Å²) in [4.78, 5) is -0.0585. The molecule has 0 heterocycles. The highest BCUT2D eigenvalue weighted by atomic mass is 35.5. The Morgan fingerprint density at radius 2 is 1.69 bits per heavy atom. The summed E-state index contributed by atoms with van der Waals surface area (Å²) in [6, 6.07) is 8.32. The number of hydrogen-bond acceptors (Lipinski definition) is 3. The zero-order valence-electron chi connectivity index (χ0n) is 14.4. The largest absolute Gasteiger partial charge is 0.391 e. The maximum Gasteiger partial charge on any atom is 0.264 e. The smallest absolute Gasteiger partial charge is 0.264 e. The van der Waals surface area contributed by atoms with E-state index in [1.165, 1.54) is 43.3 Å². The predicted octanol–water partition coefficient (Wildman–Crippen LogP) is 4.88. The predicted molar refractivity (Wildman–Crippen MR) is 103 cm³/mol. The van der Waals surface area contributed by atoms with E-state index in [9.17, 15) is 17.9 Å². The number of benzene rings is 2. The van der Waals surface area contributed by atoms with Crippen LogP contribution in [0.15, 0.2) is 47.4 Å². The van der Waals surface area contributed by atoms with E-state index in [2.05, 4.69) is 0 Å². The third kappa shape index (κ3) is 4.49. The first-order chi connectivity index (χ1) is 12.2. The van der Waals surface area contributed by atoms with E-state index in [0.29, 0.717) is 17.9 Å². The molecular weight excluding hydrogens is 400 g/mol. The highest BCUT2D eigenvalue weighted by molar-refractivity contribution is 7.92. The minimum Gasteiger partial charge on any atom is -0.391 e. The summed E-state index contributed by atoms with van der Waals surface area (Å²) in [5, 5.41) is 10.9. The molecule has 0 aromatic heterocycles. The van der Waals surface area contributed by atoms with Gasteiger partial charge in [-0.05, 0) is 55.8 Å². The SMILES string of the molecule is CCCC(O)C(C)N(c1cc(Cl)ccc1F)S(=O)(=O)c1ccc(Cl)cc1. The molecule has 0 bridgehead atoms. The molecule has 0 saturated carbocycles. The molecule has 2 rings (SSSR count). The number of aliphatic hydroxyl groups excluding tert-OH is 1. The number of anilines is 1. The Morgan fingerprint density at radius 3 is 2.27 bits per heavy atom. The average Bonchev–Trinajstić information content (AvgIpc) is 2.58. The summed E-state index contributed by atoms with van der Waals surface area (Å²) in [6.45, 7) is 3.40. The molecule has 0 aliphatic carbocycles. The number of sulfonamides is 1. The molecule has 2 aromatic rings. The summed E-state index contributed by atoms with van der Waals surface area (Å²) in [5.74, 6) is -0.748. The molecule has 0 aliphatic rings. The van der Waals surface area contributed by atoms with Gasteiger partial charge in [-0.2, -0.15) is 0 Å². The number of halogens is 3. The van der Waals surface area contributed by atoms with Gasteiger partial charge in [-0.15, -0.1) is 0 Å². The van der Waals surface area contributed by atoms with Crippen molar-refractivity contribution < 1.29 is 17.9 Å². The van der Waals surface area contributed by atoms with Gasteiger partial charge in [0.15, 0.2) is 0 Å². The summed E-state index contributed by atoms with van der Waals surface area (Å²) >= 11 is 11.8. The van der Waals surface area contributed by atoms with Crippen molar-refractivity contribution in [3.63, 3.8) is 0 Å². The summed E-state index contributed by atoms with van der Waals surface area (Å²) < 4.78 is 41.8. The second-order valence-electron chi connectivity index (χ2n) is 5.95. The quantitative estimate of drug-likeness (QED) is 0.695. The van der Waals surface area contributed by atoms with Crippen LogP contribution < -0.4 is 4.31 Å². The fraction of sp³-hybridized carbons (Fsp3) is 0.333. The molecule has 0 saturated heterocycles. The highest BCUT2D eigenvalue weighted by Crippen LogP contribution is 2.32. The van der Waals surface area contributed by atoms with Crippen molar-refractivity contribution >= 4 is 38.9 Å². The molecule has 2 aromatic carbocycles. The van der Waals surface area contributed by atoms with E-state index in [-0.39, 0.29) is 15.6 Å². The van der Waals surface area contributed by atoms with Crippen molar-refractivity contribution in [2.75, 3.05) is 4.31 Å². The van der Waals surface area contributed by atoms with Crippen molar-refractivity contribution in [1.29, 1.82) is 0 Å². The standard InChI is InChI=1S/C18H20Cl2FNO3S/c1-3-4-18(23)12(2)22(17-11-14(20)7-10-16(17)21)26(24,25)15-8-5-13(19)6-9-15/h5-12,18,23H,3-4H2,1-2H3. The molecular formula is C18H20Cl2FNO3S. The van der Waals surface area contributed by atoms with Gasteiger partial charge in [0.25, 0.3) is 10.0 Å². The molecule has 0 aliphatic heterocycles. The molecule has 2 atom stereocenters. The summed E-state index contributed by atoms with van der Waals surface area (Å²) in [6.07, 6.45) is 0.0504. The van der Waals surface area contributed by atoms with Gasteiger partial charge < -0.3 is 5.11 Å². The molecule has 0 amide bonds. The van der Waals surface area contributed by atoms with Crippen LogP contribution in [0.3, 0.4) is 0 Å². The normalized spacial score (nSPS) is 14.1. The average molecular weight is 420 g/mol. The van der Waals surface area contributed by atoms with Crippen molar-refractivity contribution in [3.8, 4) is 0 Å². The lowest BCUT2D eigenvalue weighted by atomic mass is 10.1. The fourth-order valence-corrected chi connectivity index (χ4v) is 4.61. The van der Waals surface area contributed by atoms with Crippen LogP contribution in [0.2, 0.25) is 10.0 Å². The van der Waals surface area contributed by atoms with Crippen LogP contribution in [0.5, 0.6) is 0 Å². The topological polar surface area (TPSA) is 57.6 Å². The number of rotatable bonds is 7. The zero-order valence-corrected chi connectivity index (χ0v) is 16.7. The van der Waals surface area contributed by atoms with E-state index < -0.39 is 28.0 Å². The first-order valence-corrected chi connectivity index (χ1v) is 10.3. The number of aliphatic hydroxyl groups is 1. The minimum absolute atomic E-state index is 0.0585. The Kier molecular flexibility index (Phi) is 6.91. The van der Waals surface area contributed by atoms with Crippen LogP contribution in [0.1, 0.15) is 26.7 Å². The fourth-order valence-electron chi connectivity index (χ4n) is 2.64. The maximum atomic E-state index is 14.5. The van der Waals surface area contributed by atoms with Crippen LogP contribution in [-0.4, -0.2) is 25.7 Å². The first-order valence-electron chi connectivity index (χ1n) is 8.11. The molecule has 142 valence electrons. The van der Waals surface area contributed by atoms with Crippen molar-refractivity contribution in [1.82, 2.24) is 0 Å². The first kappa shape index (κ1) is 21.0. The van der Waals surface area contributed by atoms with Gasteiger partial charge in [-0.3, -0.25) is 4.31 Å². The van der Waals surface area contributed by atoms with Gasteiger partial charge >= 0.3 is 0 Å². The lowest BCUT2D eigenvalue weighted by Gasteiger charge is -2.33. The van der Waals surface area contributed by atoms with Crippen LogP contribution in [-0.2, 0) is 10.0 Å². The van der Waals surface area contributed by atoms with E-state index >= 15 is 0 Å². The zero-order chi connectivity index (χ0) is 19.5. The highest BCUT2D eigenvalue weighted by Gasteiger charge is 2.34. The van der Waals surface area contributed by atoms with Gasteiger partial charge in [0.1, 0.15) is 5.82 Å². The second-order valence-corrected chi connectivity index (χ2v) is 8.63. The third-order valence-electron chi connectivity index (χ3n) is 4.03. The molecule has 4 nitrogen and oxygen atoms in total. The van der Waals surface area contributed by atoms with E-state index in [1.54, 1.807) is 0 Å². The van der Waals surface area contributed by atoms with Gasteiger partial charge in [0.05, 0.1) is 22.7 Å². The Morgan fingerprint density at radius 1 is 1.12 bits per heavy atom. The van der Waals surface area contributed by atoms with Gasteiger partial charge in [-0.1, -0.05) is 36.5 Å². The van der Waals surface area contributed by atoms with E-state index in [0.717, 1.165) is 10.4 Å². The Balaban J connectivity index is 2.63. The van der Waals surface area contributed by atoms with Crippen molar-refractivity contribution in [2.45, 2.75) is 43.7 Å². The van der Waals surface area contributed by atoms with Crippen LogP contribution in [0.4, 0.5) is 10.1 Å².